The van der Waals surface area contributed by atoms with E-state index >= 15 is 0 Å². The lowest BCUT2D eigenvalue weighted by molar-refractivity contribution is -0.122. The Bertz CT molecular complexity index is 403. The lowest BCUT2D eigenvalue weighted by Crippen LogP contribution is -2.45. The van der Waals surface area contributed by atoms with Crippen molar-refractivity contribution in [3.05, 3.63) is 30.3 Å². The molecule has 1 aliphatic rings. The lowest BCUT2D eigenvalue weighted by atomic mass is 10.1. The second-order valence-corrected chi connectivity index (χ2v) is 5.13. The molecule has 1 amide bonds. The topological polar surface area (TPSA) is 67.6 Å². The summed E-state index contributed by atoms with van der Waals surface area (Å²) in [6.07, 6.45) is 1.95. The first-order valence-electron chi connectivity index (χ1n) is 7.16. The molecular weight excluding hydrogens is 254 g/mol. The molecule has 110 valence electrons. The highest BCUT2D eigenvalue weighted by atomic mass is 16.5. The number of hydrogen-bond donors (Lipinski definition) is 2. The number of carbonyl (C=O) groups excluding carboxylic acids is 1. The molecule has 0 unspecified atom stereocenters. The predicted octanol–water partition coefficient (Wildman–Crippen LogP) is 0.605. The summed E-state index contributed by atoms with van der Waals surface area (Å²) >= 11 is 0. The van der Waals surface area contributed by atoms with Gasteiger partial charge in [-0.2, -0.15) is 0 Å². The van der Waals surface area contributed by atoms with E-state index in [-0.39, 0.29) is 5.91 Å². The second kappa shape index (κ2) is 7.87. The maximum absolute atomic E-state index is 11.8. The van der Waals surface area contributed by atoms with Gasteiger partial charge in [-0.1, -0.05) is 18.2 Å². The highest BCUT2D eigenvalue weighted by Crippen LogP contribution is 2.08. The zero-order valence-corrected chi connectivity index (χ0v) is 11.8. The first-order valence-corrected chi connectivity index (χ1v) is 7.16. The van der Waals surface area contributed by atoms with E-state index in [1.165, 1.54) is 0 Å². The van der Waals surface area contributed by atoms with Crippen molar-refractivity contribution in [3.63, 3.8) is 0 Å². The number of nitrogens with zero attached hydrogens (tertiary/aromatic N) is 1. The van der Waals surface area contributed by atoms with Crippen molar-refractivity contribution >= 4 is 5.91 Å². The van der Waals surface area contributed by atoms with Crippen LogP contribution < -0.4 is 15.8 Å². The number of piperidine rings is 1. The van der Waals surface area contributed by atoms with Crippen LogP contribution in [-0.2, 0) is 4.79 Å². The quantitative estimate of drug-likeness (QED) is 0.747. The molecule has 1 saturated heterocycles. The fourth-order valence-electron chi connectivity index (χ4n) is 2.25. The van der Waals surface area contributed by atoms with Crippen LogP contribution in [0, 0.1) is 0 Å². The summed E-state index contributed by atoms with van der Waals surface area (Å²) in [6, 6.07) is 9.90. The maximum atomic E-state index is 11.8. The highest BCUT2D eigenvalue weighted by Gasteiger charge is 2.17. The van der Waals surface area contributed by atoms with Gasteiger partial charge in [0.15, 0.2) is 0 Å². The number of carbonyl (C=O) groups is 1. The lowest BCUT2D eigenvalue weighted by Gasteiger charge is -2.29. The van der Waals surface area contributed by atoms with Gasteiger partial charge in [0, 0.05) is 19.1 Å². The van der Waals surface area contributed by atoms with Crippen LogP contribution in [0.25, 0.3) is 0 Å². The second-order valence-electron chi connectivity index (χ2n) is 5.13. The predicted molar refractivity (Wildman–Crippen MR) is 78.6 cm³/mol. The Morgan fingerprint density at radius 3 is 2.70 bits per heavy atom. The number of para-hydroxylation sites is 1. The van der Waals surface area contributed by atoms with Crippen LogP contribution in [0.1, 0.15) is 12.8 Å². The Morgan fingerprint density at radius 1 is 1.30 bits per heavy atom. The molecule has 1 fully saturated rings. The normalized spacial score (nSPS) is 16.9. The standard InChI is InChI=1S/C15H23N3O2/c16-13-6-9-18(10-7-13)12-15(19)17-8-11-20-14-4-2-1-3-5-14/h1-5,13H,6-12,16H2,(H,17,19). The first kappa shape index (κ1) is 14.8. The molecule has 0 bridgehead atoms. The molecule has 1 heterocycles. The van der Waals surface area contributed by atoms with E-state index in [9.17, 15) is 4.79 Å². The third-order valence-corrected chi connectivity index (χ3v) is 3.44. The van der Waals surface area contributed by atoms with E-state index < -0.39 is 0 Å². The minimum atomic E-state index is 0.0529. The summed E-state index contributed by atoms with van der Waals surface area (Å²) in [7, 11) is 0. The van der Waals surface area contributed by atoms with Gasteiger partial charge in [-0.05, 0) is 25.0 Å². The van der Waals surface area contributed by atoms with Crippen LogP contribution in [0.15, 0.2) is 30.3 Å². The fourth-order valence-corrected chi connectivity index (χ4v) is 2.25. The van der Waals surface area contributed by atoms with Crippen molar-refractivity contribution in [1.82, 2.24) is 10.2 Å². The molecule has 1 aromatic rings. The van der Waals surface area contributed by atoms with Crippen LogP contribution in [0.4, 0.5) is 0 Å². The van der Waals surface area contributed by atoms with Gasteiger partial charge in [-0.3, -0.25) is 9.69 Å². The van der Waals surface area contributed by atoms with Crippen LogP contribution in [0.3, 0.4) is 0 Å². The minimum absolute atomic E-state index is 0.0529. The van der Waals surface area contributed by atoms with Gasteiger partial charge in [0.1, 0.15) is 12.4 Å². The van der Waals surface area contributed by atoms with E-state index in [1.807, 2.05) is 30.3 Å². The summed E-state index contributed by atoms with van der Waals surface area (Å²) in [6.45, 7) is 3.30. The zero-order valence-electron chi connectivity index (χ0n) is 11.8. The zero-order chi connectivity index (χ0) is 14.2. The number of ether oxygens (including phenoxy) is 1. The Labute approximate surface area is 120 Å². The number of amides is 1. The summed E-state index contributed by atoms with van der Waals surface area (Å²) in [5.41, 5.74) is 5.84. The summed E-state index contributed by atoms with van der Waals surface area (Å²) in [5, 5.41) is 2.87. The fraction of sp³-hybridized carbons (Fsp3) is 0.533. The SMILES string of the molecule is NC1CCN(CC(=O)NCCOc2ccccc2)CC1. The van der Waals surface area contributed by atoms with Gasteiger partial charge >= 0.3 is 0 Å². The summed E-state index contributed by atoms with van der Waals surface area (Å²) in [4.78, 5) is 13.9. The Balaban J connectivity index is 1.56. The average molecular weight is 277 g/mol. The third kappa shape index (κ3) is 5.19. The van der Waals surface area contributed by atoms with Crippen LogP contribution in [0.5, 0.6) is 5.75 Å². The molecule has 0 radical (unpaired) electrons. The monoisotopic (exact) mass is 277 g/mol. The number of nitrogens with one attached hydrogen (secondary N) is 1. The molecule has 0 atom stereocenters. The van der Waals surface area contributed by atoms with Crippen LogP contribution >= 0.6 is 0 Å². The number of likely N-dealkylation sites (tertiary alicyclic amines) is 1. The largest absolute Gasteiger partial charge is 0.492 e. The maximum Gasteiger partial charge on any atom is 0.234 e. The van der Waals surface area contributed by atoms with Gasteiger partial charge in [0.2, 0.25) is 5.91 Å². The molecule has 5 nitrogen and oxygen atoms in total. The minimum Gasteiger partial charge on any atom is -0.492 e. The Kier molecular flexibility index (Phi) is 5.83. The molecule has 1 aromatic carbocycles. The molecule has 3 N–H and O–H groups in total. The van der Waals surface area contributed by atoms with Gasteiger partial charge in [0.05, 0.1) is 13.1 Å². The highest BCUT2D eigenvalue weighted by molar-refractivity contribution is 5.78. The van der Waals surface area contributed by atoms with Gasteiger partial charge in [-0.15, -0.1) is 0 Å². The molecule has 20 heavy (non-hydrogen) atoms. The third-order valence-electron chi connectivity index (χ3n) is 3.44. The van der Waals surface area contributed by atoms with Gasteiger partial charge < -0.3 is 15.8 Å². The molecule has 0 saturated carbocycles. The van der Waals surface area contributed by atoms with Crippen LogP contribution in [-0.4, -0.2) is 49.6 Å². The molecule has 2 rings (SSSR count). The van der Waals surface area contributed by atoms with E-state index in [0.29, 0.717) is 25.7 Å². The number of benzene rings is 1. The van der Waals surface area contributed by atoms with E-state index in [1.54, 1.807) is 0 Å². The van der Waals surface area contributed by atoms with Crippen molar-refractivity contribution in [2.75, 3.05) is 32.8 Å². The number of hydrogen-bond acceptors (Lipinski definition) is 4. The van der Waals surface area contributed by atoms with Gasteiger partial charge in [-0.25, -0.2) is 0 Å². The van der Waals surface area contributed by atoms with Gasteiger partial charge in [0.25, 0.3) is 0 Å². The first-order chi connectivity index (χ1) is 9.74. The van der Waals surface area contributed by atoms with E-state index in [4.69, 9.17) is 10.5 Å². The van der Waals surface area contributed by atoms with E-state index in [0.717, 1.165) is 31.7 Å². The van der Waals surface area contributed by atoms with Crippen LogP contribution in [0.2, 0.25) is 0 Å². The molecule has 5 heteroatoms. The van der Waals surface area contributed by atoms with Crippen molar-refractivity contribution in [3.8, 4) is 5.75 Å². The average Bonchev–Trinajstić information content (AvgIpc) is 2.47. The van der Waals surface area contributed by atoms with Crippen molar-refractivity contribution in [2.45, 2.75) is 18.9 Å². The molecule has 0 aliphatic carbocycles. The van der Waals surface area contributed by atoms with Crippen molar-refractivity contribution < 1.29 is 9.53 Å². The Morgan fingerprint density at radius 2 is 2.00 bits per heavy atom. The molecule has 0 aromatic heterocycles. The smallest absolute Gasteiger partial charge is 0.234 e. The molecule has 0 spiro atoms. The number of rotatable bonds is 6. The van der Waals surface area contributed by atoms with Crippen molar-refractivity contribution in [1.29, 1.82) is 0 Å². The Hall–Kier alpha value is -1.59. The summed E-state index contributed by atoms with van der Waals surface area (Å²) in [5.74, 6) is 0.879. The molecule has 1 aliphatic heterocycles. The summed E-state index contributed by atoms with van der Waals surface area (Å²) < 4.78 is 5.52. The number of nitrogens with two attached hydrogens (primary N) is 1. The van der Waals surface area contributed by atoms with E-state index in [2.05, 4.69) is 10.2 Å². The molecular formula is C15H23N3O2. The van der Waals surface area contributed by atoms with Crippen molar-refractivity contribution in [2.24, 2.45) is 5.73 Å².